The molecular weight excluding hydrogens is 465 g/mol. The molecule has 3 heterocycles. The van der Waals surface area contributed by atoms with Crippen molar-refractivity contribution < 1.29 is 18.7 Å². The predicted molar refractivity (Wildman–Crippen MR) is 123 cm³/mol. The number of hydrogen-bond acceptors (Lipinski definition) is 7. The van der Waals surface area contributed by atoms with E-state index in [1.807, 2.05) is 6.92 Å². The lowest BCUT2D eigenvalue weighted by atomic mass is 9.83. The fourth-order valence-corrected chi connectivity index (χ4v) is 3.82. The predicted octanol–water partition coefficient (Wildman–Crippen LogP) is 4.23. The first-order valence-corrected chi connectivity index (χ1v) is 11.0. The molecule has 3 aromatic heterocycles. The van der Waals surface area contributed by atoms with Crippen LogP contribution < -0.4 is 10.6 Å². The van der Waals surface area contributed by atoms with Gasteiger partial charge in [0.25, 0.3) is 0 Å². The number of nitrogens with one attached hydrogen (secondary N) is 2. The molecule has 0 spiro atoms. The Balaban J connectivity index is 1.42. The quantitative estimate of drug-likeness (QED) is 0.498. The van der Waals surface area contributed by atoms with E-state index in [-0.39, 0.29) is 35.6 Å². The van der Waals surface area contributed by atoms with Crippen LogP contribution in [0, 0.1) is 12.8 Å². The van der Waals surface area contributed by atoms with Gasteiger partial charge in [0.1, 0.15) is 17.4 Å². The maximum atomic E-state index is 13.0. The van der Waals surface area contributed by atoms with E-state index in [2.05, 4.69) is 30.9 Å². The van der Waals surface area contributed by atoms with Crippen molar-refractivity contribution in [3.63, 3.8) is 0 Å². The van der Waals surface area contributed by atoms with Crippen LogP contribution in [0.4, 0.5) is 20.7 Å². The highest BCUT2D eigenvalue weighted by molar-refractivity contribution is 6.30. The Kier molecular flexibility index (Phi) is 6.73. The smallest absolute Gasteiger partial charge is 0.413 e. The molecule has 10 nitrogen and oxygen atoms in total. The summed E-state index contributed by atoms with van der Waals surface area (Å²) in [4.78, 5) is 33.1. The minimum atomic E-state index is -0.904. The summed E-state index contributed by atoms with van der Waals surface area (Å²) in [6.07, 6.45) is -0.329. The highest BCUT2D eigenvalue weighted by atomic mass is 35.5. The van der Waals surface area contributed by atoms with Crippen LogP contribution in [-0.2, 0) is 16.6 Å². The van der Waals surface area contributed by atoms with Gasteiger partial charge < -0.3 is 10.1 Å². The monoisotopic (exact) mass is 487 g/mol. The van der Waals surface area contributed by atoms with E-state index in [0.29, 0.717) is 22.6 Å². The molecule has 12 heteroatoms. The molecule has 0 bridgehead atoms. The first kappa shape index (κ1) is 23.6. The first-order chi connectivity index (χ1) is 16.2. The van der Waals surface area contributed by atoms with Crippen molar-refractivity contribution in [2.75, 3.05) is 10.6 Å². The number of pyridine rings is 2. The number of halogens is 2. The highest BCUT2D eigenvalue weighted by Gasteiger charge is 2.34. The zero-order valence-corrected chi connectivity index (χ0v) is 19.5. The number of carbonyl (C=O) groups is 2. The van der Waals surface area contributed by atoms with E-state index in [1.165, 1.54) is 10.9 Å². The molecule has 1 aliphatic carbocycles. The summed E-state index contributed by atoms with van der Waals surface area (Å²) in [5.74, 6) is -0.270. The molecule has 178 valence electrons. The van der Waals surface area contributed by atoms with E-state index in [1.54, 1.807) is 38.2 Å². The number of amides is 2. The minimum Gasteiger partial charge on any atom is -0.441 e. The average molecular weight is 488 g/mol. The number of anilines is 2. The van der Waals surface area contributed by atoms with E-state index in [4.69, 9.17) is 16.3 Å². The lowest BCUT2D eigenvalue weighted by Crippen LogP contribution is -2.35. The fourth-order valence-electron chi connectivity index (χ4n) is 3.47. The van der Waals surface area contributed by atoms with Crippen molar-refractivity contribution >= 4 is 35.1 Å². The maximum Gasteiger partial charge on any atom is 0.413 e. The summed E-state index contributed by atoms with van der Waals surface area (Å²) < 4.78 is 19.8. The number of carbonyl (C=O) groups excluding carboxylic acids is 2. The number of rotatable bonds is 6. The van der Waals surface area contributed by atoms with Gasteiger partial charge in [0.15, 0.2) is 11.5 Å². The normalized spacial score (nSPS) is 18.0. The van der Waals surface area contributed by atoms with Crippen LogP contribution in [0.5, 0.6) is 0 Å². The Morgan fingerprint density at radius 1 is 1.24 bits per heavy atom. The number of alkyl halides is 1. The number of aromatic nitrogens is 5. The van der Waals surface area contributed by atoms with E-state index in [9.17, 15) is 14.0 Å². The molecule has 0 unspecified atom stereocenters. The molecule has 0 aliphatic heterocycles. The Bertz CT molecular complexity index is 1210. The SMILES string of the molecule is Cc1ccc([C@@H](C)OC(=O)Nc2c(-c3ccc(NC(=O)C4CC(F)C4)cn3)nnn2C)c(Cl)n1. The molecule has 1 aliphatic rings. The van der Waals surface area contributed by atoms with Gasteiger partial charge in [0.2, 0.25) is 5.91 Å². The molecule has 0 saturated heterocycles. The molecule has 0 radical (unpaired) electrons. The molecule has 1 fully saturated rings. The van der Waals surface area contributed by atoms with Gasteiger partial charge >= 0.3 is 6.09 Å². The maximum absolute atomic E-state index is 13.0. The number of nitrogens with zero attached hydrogens (tertiary/aromatic N) is 5. The van der Waals surface area contributed by atoms with E-state index in [0.717, 1.165) is 5.69 Å². The Hall–Kier alpha value is -3.60. The molecule has 1 atom stereocenters. The van der Waals surface area contributed by atoms with Crippen LogP contribution in [0.15, 0.2) is 30.5 Å². The summed E-state index contributed by atoms with van der Waals surface area (Å²) in [7, 11) is 1.61. The summed E-state index contributed by atoms with van der Waals surface area (Å²) in [5.41, 5.74) is 2.55. The topological polar surface area (TPSA) is 124 Å². The van der Waals surface area contributed by atoms with Crippen LogP contribution in [0.25, 0.3) is 11.4 Å². The lowest BCUT2D eigenvalue weighted by molar-refractivity contribution is -0.124. The van der Waals surface area contributed by atoms with Crippen molar-refractivity contribution in [2.24, 2.45) is 13.0 Å². The van der Waals surface area contributed by atoms with Crippen molar-refractivity contribution in [1.82, 2.24) is 25.0 Å². The second-order valence-electron chi connectivity index (χ2n) is 8.10. The number of aryl methyl sites for hydroxylation is 2. The van der Waals surface area contributed by atoms with Crippen molar-refractivity contribution in [3.05, 3.63) is 46.9 Å². The summed E-state index contributed by atoms with van der Waals surface area (Å²) >= 11 is 6.16. The Labute approximate surface area is 199 Å². The summed E-state index contributed by atoms with van der Waals surface area (Å²) in [6, 6.07) is 6.82. The second-order valence-corrected chi connectivity index (χ2v) is 8.46. The number of hydrogen-bond donors (Lipinski definition) is 2. The van der Waals surface area contributed by atoms with Crippen molar-refractivity contribution in [2.45, 2.75) is 39.0 Å². The van der Waals surface area contributed by atoms with Gasteiger partial charge in [-0.25, -0.2) is 18.9 Å². The van der Waals surface area contributed by atoms with Gasteiger partial charge in [-0.3, -0.25) is 15.1 Å². The number of ether oxygens (including phenoxy) is 1. The Morgan fingerprint density at radius 3 is 2.65 bits per heavy atom. The molecule has 2 N–H and O–H groups in total. The fraction of sp³-hybridized carbons (Fsp3) is 0.364. The zero-order chi connectivity index (χ0) is 24.4. The highest BCUT2D eigenvalue weighted by Crippen LogP contribution is 2.31. The molecule has 2 amide bonds. The van der Waals surface area contributed by atoms with Gasteiger partial charge in [-0.15, -0.1) is 5.10 Å². The molecular formula is C22H23ClFN7O3. The van der Waals surface area contributed by atoms with E-state index >= 15 is 0 Å². The van der Waals surface area contributed by atoms with Gasteiger partial charge in [0, 0.05) is 24.2 Å². The van der Waals surface area contributed by atoms with Crippen molar-refractivity contribution in [1.29, 1.82) is 0 Å². The zero-order valence-electron chi connectivity index (χ0n) is 18.7. The molecule has 34 heavy (non-hydrogen) atoms. The molecule has 0 aromatic carbocycles. The first-order valence-electron chi connectivity index (χ1n) is 10.6. The third-order valence-electron chi connectivity index (χ3n) is 5.51. The standard InChI is InChI=1S/C22H23ClFN7O3/c1-11-4-6-16(19(23)26-11)12(2)34-22(33)28-20-18(29-30-31(20)3)17-7-5-15(10-25-17)27-21(32)13-8-14(24)9-13/h4-7,10,12-14H,8-9H2,1-3H3,(H,27,32)(H,28,33)/t12-,13?,14?/m1/s1. The van der Waals surface area contributed by atoms with Crippen molar-refractivity contribution in [3.8, 4) is 11.4 Å². The van der Waals surface area contributed by atoms with Crippen LogP contribution >= 0.6 is 11.6 Å². The van der Waals surface area contributed by atoms with Gasteiger partial charge in [-0.1, -0.05) is 22.9 Å². The average Bonchev–Trinajstić information content (AvgIpc) is 3.11. The lowest BCUT2D eigenvalue weighted by Gasteiger charge is -2.28. The van der Waals surface area contributed by atoms with Crippen LogP contribution in [0.2, 0.25) is 5.15 Å². The minimum absolute atomic E-state index is 0.231. The summed E-state index contributed by atoms with van der Waals surface area (Å²) in [6.45, 7) is 3.50. The largest absolute Gasteiger partial charge is 0.441 e. The third kappa shape index (κ3) is 5.14. The van der Waals surface area contributed by atoms with Crippen LogP contribution in [-0.4, -0.2) is 43.1 Å². The Morgan fingerprint density at radius 2 is 2.00 bits per heavy atom. The van der Waals surface area contributed by atoms with Crippen LogP contribution in [0.3, 0.4) is 0 Å². The third-order valence-corrected chi connectivity index (χ3v) is 5.81. The summed E-state index contributed by atoms with van der Waals surface area (Å²) in [5, 5.41) is 13.6. The molecule has 1 saturated carbocycles. The van der Waals surface area contributed by atoms with Crippen LogP contribution in [0.1, 0.15) is 37.1 Å². The molecule has 4 rings (SSSR count). The van der Waals surface area contributed by atoms with Gasteiger partial charge in [0.05, 0.1) is 17.6 Å². The second kappa shape index (κ2) is 9.72. The molecule has 3 aromatic rings. The van der Waals surface area contributed by atoms with Gasteiger partial charge in [-0.05, 0) is 44.9 Å². The van der Waals surface area contributed by atoms with Gasteiger partial charge in [-0.2, -0.15) is 0 Å². The van der Waals surface area contributed by atoms with E-state index < -0.39 is 18.4 Å².